The van der Waals surface area contributed by atoms with Crippen molar-refractivity contribution in [2.24, 2.45) is 5.73 Å². The van der Waals surface area contributed by atoms with E-state index >= 15 is 0 Å². The highest BCUT2D eigenvalue weighted by Crippen LogP contribution is 2.34. The predicted octanol–water partition coefficient (Wildman–Crippen LogP) is 3.64. The number of halogens is 1. The van der Waals surface area contributed by atoms with Crippen LogP contribution in [0.25, 0.3) is 16.9 Å². The van der Waals surface area contributed by atoms with Crippen LogP contribution in [0.3, 0.4) is 0 Å². The number of primary amides is 1. The number of nitrogens with zero attached hydrogens (tertiary/aromatic N) is 3. The molecule has 168 valence electrons. The number of hydrogen-bond donors (Lipinski definition) is 3. The van der Waals surface area contributed by atoms with E-state index in [2.05, 4.69) is 10.6 Å². The van der Waals surface area contributed by atoms with E-state index in [0.29, 0.717) is 40.7 Å². The number of aromatic nitrogens is 3. The Labute approximate surface area is 189 Å². The molecule has 3 heterocycles. The number of nitrogens with two attached hydrogens (primary N) is 1. The number of aryl methyl sites for hydroxylation is 1. The number of anilines is 2. The Kier molecular flexibility index (Phi) is 5.29. The quantitative estimate of drug-likeness (QED) is 0.418. The van der Waals surface area contributed by atoms with Crippen molar-refractivity contribution in [1.29, 1.82) is 0 Å². The monoisotopic (exact) mass is 446 g/mol. The predicted molar refractivity (Wildman–Crippen MR) is 124 cm³/mol. The van der Waals surface area contributed by atoms with Crippen molar-refractivity contribution >= 4 is 28.3 Å². The van der Waals surface area contributed by atoms with Crippen LogP contribution in [0.2, 0.25) is 0 Å². The van der Waals surface area contributed by atoms with Crippen molar-refractivity contribution in [2.75, 3.05) is 24.3 Å². The number of amides is 1. The standard InChI is InChI=1S/C24H23FN6O2/c1-33-20-12-17-16(22(26)32)7-3-9-19(17)31(20)24-29-18-8-4-10-27-21(18)23(30-24)28-13-14-5-2-6-15(25)11-14/h2-3,5-7,9,11-12,27H,4,8,10,13H2,1H3,(H2,26,32)(H,28,29,30). The fourth-order valence-corrected chi connectivity index (χ4v) is 4.17. The molecule has 5 rings (SSSR count). The van der Waals surface area contributed by atoms with Crippen molar-refractivity contribution in [2.45, 2.75) is 19.4 Å². The van der Waals surface area contributed by atoms with E-state index in [1.165, 1.54) is 12.1 Å². The molecule has 0 saturated carbocycles. The third kappa shape index (κ3) is 3.82. The lowest BCUT2D eigenvalue weighted by molar-refractivity contribution is 0.100. The number of fused-ring (bicyclic) bond motifs is 2. The van der Waals surface area contributed by atoms with Crippen LogP contribution in [0, 0.1) is 5.82 Å². The first-order valence-corrected chi connectivity index (χ1v) is 10.7. The molecular weight excluding hydrogens is 423 g/mol. The van der Waals surface area contributed by atoms with Crippen molar-refractivity contribution in [1.82, 2.24) is 14.5 Å². The Morgan fingerprint density at radius 1 is 1.24 bits per heavy atom. The summed E-state index contributed by atoms with van der Waals surface area (Å²) >= 11 is 0. The summed E-state index contributed by atoms with van der Waals surface area (Å²) in [5, 5.41) is 7.37. The summed E-state index contributed by atoms with van der Waals surface area (Å²) in [6.45, 7) is 1.22. The number of methoxy groups -OCH3 is 1. The van der Waals surface area contributed by atoms with Gasteiger partial charge in [0.2, 0.25) is 17.7 Å². The second kappa shape index (κ2) is 8.42. The zero-order valence-corrected chi connectivity index (χ0v) is 18.1. The Morgan fingerprint density at radius 2 is 2.09 bits per heavy atom. The van der Waals surface area contributed by atoms with Crippen LogP contribution in [0.1, 0.15) is 28.0 Å². The van der Waals surface area contributed by atoms with E-state index in [-0.39, 0.29) is 5.82 Å². The van der Waals surface area contributed by atoms with E-state index in [0.717, 1.165) is 36.3 Å². The van der Waals surface area contributed by atoms with Crippen molar-refractivity contribution in [3.63, 3.8) is 0 Å². The van der Waals surface area contributed by atoms with Crippen LogP contribution in [-0.4, -0.2) is 34.1 Å². The average Bonchev–Trinajstić information content (AvgIpc) is 3.21. The van der Waals surface area contributed by atoms with E-state index in [1.54, 1.807) is 35.9 Å². The molecule has 0 atom stereocenters. The van der Waals surface area contributed by atoms with Crippen LogP contribution in [0.5, 0.6) is 5.88 Å². The van der Waals surface area contributed by atoms with Gasteiger partial charge in [-0.3, -0.25) is 4.79 Å². The van der Waals surface area contributed by atoms with Gasteiger partial charge in [-0.2, -0.15) is 4.98 Å². The summed E-state index contributed by atoms with van der Waals surface area (Å²) in [6, 6.07) is 13.5. The largest absolute Gasteiger partial charge is 0.482 e. The van der Waals surface area contributed by atoms with E-state index in [4.69, 9.17) is 20.4 Å². The van der Waals surface area contributed by atoms with Gasteiger partial charge < -0.3 is 21.1 Å². The fourth-order valence-electron chi connectivity index (χ4n) is 4.17. The number of carbonyl (C=O) groups is 1. The second-order valence-corrected chi connectivity index (χ2v) is 7.83. The summed E-state index contributed by atoms with van der Waals surface area (Å²) in [6.07, 6.45) is 1.74. The molecular formula is C24H23FN6O2. The highest BCUT2D eigenvalue weighted by molar-refractivity contribution is 6.06. The fraction of sp³-hybridized carbons (Fsp3) is 0.208. The maximum Gasteiger partial charge on any atom is 0.249 e. The third-order valence-electron chi connectivity index (χ3n) is 5.70. The first-order chi connectivity index (χ1) is 16.0. The zero-order valence-electron chi connectivity index (χ0n) is 18.1. The average molecular weight is 446 g/mol. The van der Waals surface area contributed by atoms with Crippen LogP contribution in [0.15, 0.2) is 48.5 Å². The van der Waals surface area contributed by atoms with Gasteiger partial charge in [-0.1, -0.05) is 18.2 Å². The molecule has 0 saturated heterocycles. The first-order valence-electron chi connectivity index (χ1n) is 10.7. The molecule has 33 heavy (non-hydrogen) atoms. The molecule has 1 aliphatic heterocycles. The maximum atomic E-state index is 13.6. The minimum absolute atomic E-state index is 0.286. The van der Waals surface area contributed by atoms with Gasteiger partial charge in [0.25, 0.3) is 0 Å². The first kappa shape index (κ1) is 20.7. The van der Waals surface area contributed by atoms with Crippen LogP contribution in [-0.2, 0) is 13.0 Å². The Bertz CT molecular complexity index is 1370. The number of ether oxygens (including phenoxy) is 1. The molecule has 2 aromatic carbocycles. The van der Waals surface area contributed by atoms with Gasteiger partial charge in [-0.05, 0) is 42.7 Å². The van der Waals surface area contributed by atoms with Crippen molar-refractivity contribution in [3.8, 4) is 11.8 Å². The van der Waals surface area contributed by atoms with Crippen LogP contribution < -0.4 is 21.1 Å². The van der Waals surface area contributed by atoms with Gasteiger partial charge in [0.05, 0.1) is 24.0 Å². The van der Waals surface area contributed by atoms with Gasteiger partial charge in [0.1, 0.15) is 5.82 Å². The van der Waals surface area contributed by atoms with Crippen molar-refractivity contribution in [3.05, 3.63) is 71.2 Å². The lowest BCUT2D eigenvalue weighted by Crippen LogP contribution is -2.19. The zero-order chi connectivity index (χ0) is 22.9. The SMILES string of the molecule is COc1cc2c(C(N)=O)cccc2n1-c1nc2c(c(NCc3cccc(F)c3)n1)NCCC2. The Morgan fingerprint density at radius 3 is 2.88 bits per heavy atom. The van der Waals surface area contributed by atoms with Crippen LogP contribution >= 0.6 is 0 Å². The van der Waals surface area contributed by atoms with E-state index < -0.39 is 5.91 Å². The normalized spacial score (nSPS) is 12.8. The summed E-state index contributed by atoms with van der Waals surface area (Å²) < 4.78 is 21.0. The topological polar surface area (TPSA) is 107 Å². The van der Waals surface area contributed by atoms with Gasteiger partial charge >= 0.3 is 0 Å². The van der Waals surface area contributed by atoms with Gasteiger partial charge in [-0.15, -0.1) is 0 Å². The smallest absolute Gasteiger partial charge is 0.249 e. The molecule has 1 amide bonds. The molecule has 2 aromatic heterocycles. The number of hydrogen-bond acceptors (Lipinski definition) is 6. The van der Waals surface area contributed by atoms with E-state index in [9.17, 15) is 9.18 Å². The van der Waals surface area contributed by atoms with Crippen LogP contribution in [0.4, 0.5) is 15.9 Å². The third-order valence-corrected chi connectivity index (χ3v) is 5.70. The minimum Gasteiger partial charge on any atom is -0.482 e. The summed E-state index contributed by atoms with van der Waals surface area (Å²) in [5.74, 6) is 0.708. The maximum absolute atomic E-state index is 13.6. The molecule has 0 radical (unpaired) electrons. The molecule has 0 spiro atoms. The number of carbonyl (C=O) groups excluding carboxylic acids is 1. The molecule has 0 bridgehead atoms. The number of benzene rings is 2. The molecule has 0 aliphatic carbocycles. The van der Waals surface area contributed by atoms with Crippen molar-refractivity contribution < 1.29 is 13.9 Å². The van der Waals surface area contributed by atoms with Gasteiger partial charge in [0, 0.05) is 30.1 Å². The Hall–Kier alpha value is -4.14. The minimum atomic E-state index is -0.520. The summed E-state index contributed by atoms with van der Waals surface area (Å²) in [4.78, 5) is 21.5. The molecule has 0 unspecified atom stereocenters. The lowest BCUT2D eigenvalue weighted by atomic mass is 10.1. The van der Waals surface area contributed by atoms with E-state index in [1.807, 2.05) is 12.1 Å². The second-order valence-electron chi connectivity index (χ2n) is 7.83. The molecule has 1 aliphatic rings. The number of rotatable bonds is 6. The molecule has 9 heteroatoms. The van der Waals surface area contributed by atoms with Gasteiger partial charge in [0.15, 0.2) is 5.82 Å². The molecule has 8 nitrogen and oxygen atoms in total. The summed E-state index contributed by atoms with van der Waals surface area (Å²) in [7, 11) is 1.55. The highest BCUT2D eigenvalue weighted by atomic mass is 19.1. The number of nitrogens with one attached hydrogen (secondary N) is 2. The molecule has 4 N–H and O–H groups in total. The highest BCUT2D eigenvalue weighted by Gasteiger charge is 2.22. The molecule has 0 fully saturated rings. The van der Waals surface area contributed by atoms with Gasteiger partial charge in [-0.25, -0.2) is 13.9 Å². The summed E-state index contributed by atoms with van der Waals surface area (Å²) in [5.41, 5.74) is 9.20. The Balaban J connectivity index is 1.63. The molecule has 4 aromatic rings. The lowest BCUT2D eigenvalue weighted by Gasteiger charge is -2.22.